The van der Waals surface area contributed by atoms with Crippen LogP contribution in [0.1, 0.15) is 36.5 Å². The molecule has 138 valence electrons. The molecule has 0 spiro atoms. The SMILES string of the molecule is CCCNC(=O)CN1CCC(NC(=O)c2cc(F)c(Cl)cc2Cl)CC1. The van der Waals surface area contributed by atoms with Crippen molar-refractivity contribution in [2.45, 2.75) is 32.2 Å². The Kier molecular flexibility index (Phi) is 7.47. The van der Waals surface area contributed by atoms with Crippen LogP contribution < -0.4 is 10.6 Å². The monoisotopic (exact) mass is 389 g/mol. The molecule has 5 nitrogen and oxygen atoms in total. The van der Waals surface area contributed by atoms with Crippen molar-refractivity contribution >= 4 is 35.0 Å². The van der Waals surface area contributed by atoms with E-state index in [0.29, 0.717) is 26.2 Å². The van der Waals surface area contributed by atoms with Gasteiger partial charge in [0.15, 0.2) is 0 Å². The fourth-order valence-electron chi connectivity index (χ4n) is 2.72. The van der Waals surface area contributed by atoms with Gasteiger partial charge in [0.1, 0.15) is 5.82 Å². The van der Waals surface area contributed by atoms with Crippen LogP contribution in [-0.2, 0) is 4.79 Å². The second kappa shape index (κ2) is 9.36. The third kappa shape index (κ3) is 5.83. The number of nitrogens with zero attached hydrogens (tertiary/aromatic N) is 1. The van der Waals surface area contributed by atoms with Crippen LogP contribution in [0, 0.1) is 5.82 Å². The molecule has 0 unspecified atom stereocenters. The lowest BCUT2D eigenvalue weighted by atomic mass is 10.0. The number of hydrogen-bond donors (Lipinski definition) is 2. The smallest absolute Gasteiger partial charge is 0.253 e. The summed E-state index contributed by atoms with van der Waals surface area (Å²) < 4.78 is 13.5. The van der Waals surface area contributed by atoms with Crippen LogP contribution >= 0.6 is 23.2 Å². The van der Waals surface area contributed by atoms with E-state index in [2.05, 4.69) is 15.5 Å². The lowest BCUT2D eigenvalue weighted by molar-refractivity contribution is -0.122. The molecule has 0 saturated carbocycles. The first-order valence-electron chi connectivity index (χ1n) is 8.35. The van der Waals surface area contributed by atoms with E-state index >= 15 is 0 Å². The van der Waals surface area contributed by atoms with Gasteiger partial charge in [0.05, 0.1) is 22.2 Å². The minimum atomic E-state index is -0.677. The molecule has 0 bridgehead atoms. The molecule has 1 saturated heterocycles. The Morgan fingerprint density at radius 2 is 1.92 bits per heavy atom. The molecule has 2 amide bonds. The van der Waals surface area contributed by atoms with Crippen LogP contribution in [0.5, 0.6) is 0 Å². The molecular formula is C17H22Cl2FN3O2. The summed E-state index contributed by atoms with van der Waals surface area (Å²) in [4.78, 5) is 26.1. The molecule has 1 aromatic rings. The molecule has 25 heavy (non-hydrogen) atoms. The maximum atomic E-state index is 13.5. The van der Waals surface area contributed by atoms with Crippen LogP contribution in [0.2, 0.25) is 10.0 Å². The lowest BCUT2D eigenvalue weighted by Crippen LogP contribution is -2.47. The van der Waals surface area contributed by atoms with Gasteiger partial charge in [-0.2, -0.15) is 0 Å². The molecule has 0 radical (unpaired) electrons. The number of amides is 2. The summed E-state index contributed by atoms with van der Waals surface area (Å²) in [5, 5.41) is 5.72. The number of benzene rings is 1. The average Bonchev–Trinajstić information content (AvgIpc) is 2.58. The Morgan fingerprint density at radius 1 is 1.24 bits per heavy atom. The van der Waals surface area contributed by atoms with Gasteiger partial charge in [-0.1, -0.05) is 30.1 Å². The number of hydrogen-bond acceptors (Lipinski definition) is 3. The molecule has 1 fully saturated rings. The molecule has 0 aliphatic carbocycles. The molecule has 0 aromatic heterocycles. The third-order valence-corrected chi connectivity index (χ3v) is 4.72. The second-order valence-corrected chi connectivity index (χ2v) is 6.93. The largest absolute Gasteiger partial charge is 0.355 e. The van der Waals surface area contributed by atoms with Crippen LogP contribution in [0.25, 0.3) is 0 Å². The maximum absolute atomic E-state index is 13.5. The molecule has 1 heterocycles. The highest BCUT2D eigenvalue weighted by Crippen LogP contribution is 2.24. The Labute approximate surface area is 156 Å². The van der Waals surface area contributed by atoms with Gasteiger partial charge in [-0.15, -0.1) is 0 Å². The summed E-state index contributed by atoms with van der Waals surface area (Å²) in [5.74, 6) is -1.07. The maximum Gasteiger partial charge on any atom is 0.253 e. The predicted octanol–water partition coefficient (Wildman–Crippen LogP) is 2.85. The van der Waals surface area contributed by atoms with Crippen molar-refractivity contribution in [3.63, 3.8) is 0 Å². The normalized spacial score (nSPS) is 15.8. The Hall–Kier alpha value is -1.37. The zero-order chi connectivity index (χ0) is 18.4. The van der Waals surface area contributed by atoms with Crippen molar-refractivity contribution in [1.82, 2.24) is 15.5 Å². The molecular weight excluding hydrogens is 368 g/mol. The molecule has 1 aliphatic rings. The first-order valence-corrected chi connectivity index (χ1v) is 9.10. The zero-order valence-electron chi connectivity index (χ0n) is 14.1. The van der Waals surface area contributed by atoms with E-state index in [4.69, 9.17) is 23.2 Å². The summed E-state index contributed by atoms with van der Waals surface area (Å²) in [5.41, 5.74) is 0.0740. The number of halogens is 3. The summed E-state index contributed by atoms with van der Waals surface area (Å²) in [6.45, 7) is 4.49. The van der Waals surface area contributed by atoms with E-state index in [1.807, 2.05) is 6.92 Å². The number of rotatable bonds is 6. The van der Waals surface area contributed by atoms with Crippen molar-refractivity contribution in [2.24, 2.45) is 0 Å². The fourth-order valence-corrected chi connectivity index (χ4v) is 3.19. The number of nitrogens with one attached hydrogen (secondary N) is 2. The van der Waals surface area contributed by atoms with Gasteiger partial charge in [-0.3, -0.25) is 14.5 Å². The first-order chi connectivity index (χ1) is 11.9. The topological polar surface area (TPSA) is 61.4 Å². The van der Waals surface area contributed by atoms with E-state index in [1.165, 1.54) is 6.07 Å². The predicted molar refractivity (Wildman–Crippen MR) is 96.6 cm³/mol. The van der Waals surface area contributed by atoms with E-state index in [1.54, 1.807) is 0 Å². The number of carbonyl (C=O) groups is 2. The molecule has 1 aliphatic heterocycles. The van der Waals surface area contributed by atoms with Gasteiger partial charge < -0.3 is 10.6 Å². The van der Waals surface area contributed by atoms with Crippen molar-refractivity contribution in [2.75, 3.05) is 26.2 Å². The van der Waals surface area contributed by atoms with Crippen LogP contribution in [-0.4, -0.2) is 48.9 Å². The highest BCUT2D eigenvalue weighted by molar-refractivity contribution is 6.36. The standard InChI is InChI=1S/C17H22Cl2FN3O2/c1-2-5-21-16(24)10-23-6-3-11(4-7-23)22-17(25)12-8-15(20)14(19)9-13(12)18/h8-9,11H,2-7,10H2,1H3,(H,21,24)(H,22,25). The van der Waals surface area contributed by atoms with Gasteiger partial charge >= 0.3 is 0 Å². The molecule has 8 heteroatoms. The van der Waals surface area contributed by atoms with E-state index in [-0.39, 0.29) is 27.6 Å². The third-order valence-electron chi connectivity index (χ3n) is 4.12. The zero-order valence-corrected chi connectivity index (χ0v) is 15.6. The molecule has 0 atom stereocenters. The minimum Gasteiger partial charge on any atom is -0.355 e. The number of carbonyl (C=O) groups excluding carboxylic acids is 2. The van der Waals surface area contributed by atoms with Gasteiger partial charge in [-0.25, -0.2) is 4.39 Å². The summed E-state index contributed by atoms with van der Waals surface area (Å²) in [7, 11) is 0. The second-order valence-electron chi connectivity index (χ2n) is 6.12. The average molecular weight is 390 g/mol. The van der Waals surface area contributed by atoms with Crippen LogP contribution in [0.15, 0.2) is 12.1 Å². The van der Waals surface area contributed by atoms with Crippen molar-refractivity contribution in [3.8, 4) is 0 Å². The highest BCUT2D eigenvalue weighted by Gasteiger charge is 2.23. The van der Waals surface area contributed by atoms with Gasteiger partial charge in [-0.05, 0) is 31.4 Å². The summed E-state index contributed by atoms with van der Waals surface area (Å²) in [6.07, 6.45) is 2.36. The summed E-state index contributed by atoms with van der Waals surface area (Å²) >= 11 is 11.6. The Bertz CT molecular complexity index is 635. The quantitative estimate of drug-likeness (QED) is 0.735. The van der Waals surface area contributed by atoms with Crippen molar-refractivity contribution < 1.29 is 14.0 Å². The Balaban J connectivity index is 1.83. The van der Waals surface area contributed by atoms with Gasteiger partial charge in [0, 0.05) is 25.7 Å². The van der Waals surface area contributed by atoms with Gasteiger partial charge in [0.2, 0.25) is 5.91 Å². The van der Waals surface area contributed by atoms with E-state index in [9.17, 15) is 14.0 Å². The first kappa shape index (κ1) is 19.9. The Morgan fingerprint density at radius 3 is 2.56 bits per heavy atom. The molecule has 2 rings (SSSR count). The fraction of sp³-hybridized carbons (Fsp3) is 0.529. The molecule has 1 aromatic carbocycles. The van der Waals surface area contributed by atoms with Crippen molar-refractivity contribution in [1.29, 1.82) is 0 Å². The van der Waals surface area contributed by atoms with Crippen molar-refractivity contribution in [3.05, 3.63) is 33.6 Å². The highest BCUT2D eigenvalue weighted by atomic mass is 35.5. The van der Waals surface area contributed by atoms with E-state index < -0.39 is 11.7 Å². The molecule has 2 N–H and O–H groups in total. The summed E-state index contributed by atoms with van der Waals surface area (Å²) in [6, 6.07) is 2.25. The number of likely N-dealkylation sites (tertiary alicyclic amines) is 1. The van der Waals surface area contributed by atoms with Crippen LogP contribution in [0.4, 0.5) is 4.39 Å². The minimum absolute atomic E-state index is 0.0211. The lowest BCUT2D eigenvalue weighted by Gasteiger charge is -2.31. The number of piperidine rings is 1. The van der Waals surface area contributed by atoms with Gasteiger partial charge in [0.25, 0.3) is 5.91 Å². The van der Waals surface area contributed by atoms with Crippen LogP contribution in [0.3, 0.4) is 0 Å². The van der Waals surface area contributed by atoms with E-state index in [0.717, 1.165) is 25.3 Å².